The molecule has 4 rings (SSSR count). The van der Waals surface area contributed by atoms with Gasteiger partial charge in [0.05, 0.1) is 20.5 Å². The van der Waals surface area contributed by atoms with E-state index in [1.165, 1.54) is 5.56 Å². The second-order valence-corrected chi connectivity index (χ2v) is 7.28. The minimum absolute atomic E-state index is 0.277. The van der Waals surface area contributed by atoms with E-state index in [1.807, 2.05) is 69.2 Å². The fourth-order valence-electron chi connectivity index (χ4n) is 3.55. The molecular formula is C27H41N5O3. The number of aliphatic imine (C=N–C) groups is 1. The number of nitrogens with zero attached hydrogens (tertiary/aromatic N) is 2. The molecule has 35 heavy (non-hydrogen) atoms. The Morgan fingerprint density at radius 3 is 2.57 bits per heavy atom. The standard InChI is InChI=1S/C23H29N5O3.2C2H6/c1-29-18-10-9-17(15-20(18)30-2)7-5-11-24-21-16-22(28-13-4-3-12-25-28)27-23(26-21)19-8-6-14-31-19;2*1-2/h4,6,8-10,13-16,23-26H,3,5,7,11-12H2,1-2H3;2*1-2H3. The summed E-state index contributed by atoms with van der Waals surface area (Å²) in [4.78, 5) is 4.79. The number of nitrogens with one attached hydrogen (secondary N) is 3. The van der Waals surface area contributed by atoms with E-state index in [0.29, 0.717) is 0 Å². The molecule has 0 amide bonds. The van der Waals surface area contributed by atoms with Crippen LogP contribution in [0.5, 0.6) is 11.5 Å². The number of amidine groups is 1. The lowest BCUT2D eigenvalue weighted by Crippen LogP contribution is -2.44. The highest BCUT2D eigenvalue weighted by Crippen LogP contribution is 2.28. The second kappa shape index (κ2) is 15.5. The van der Waals surface area contributed by atoms with Crippen molar-refractivity contribution in [2.75, 3.05) is 27.3 Å². The summed E-state index contributed by atoms with van der Waals surface area (Å²) in [5.41, 5.74) is 4.56. The first-order valence-electron chi connectivity index (χ1n) is 12.5. The number of benzene rings is 1. The lowest BCUT2D eigenvalue weighted by molar-refractivity contribution is 0.354. The fraction of sp³-hybridized carbons (Fsp3) is 0.444. The highest BCUT2D eigenvalue weighted by Gasteiger charge is 2.22. The van der Waals surface area contributed by atoms with Crippen LogP contribution in [-0.2, 0) is 6.42 Å². The zero-order valence-electron chi connectivity index (χ0n) is 21.9. The maximum atomic E-state index is 5.58. The number of ether oxygens (including phenoxy) is 2. The maximum Gasteiger partial charge on any atom is 0.180 e. The Bertz CT molecular complexity index is 954. The summed E-state index contributed by atoms with van der Waals surface area (Å²) in [5.74, 6) is 4.03. The Hall–Kier alpha value is -3.39. The lowest BCUT2D eigenvalue weighted by Gasteiger charge is -2.30. The van der Waals surface area contributed by atoms with E-state index >= 15 is 0 Å². The Labute approximate surface area is 210 Å². The van der Waals surface area contributed by atoms with Gasteiger partial charge in [-0.2, -0.15) is 0 Å². The number of aryl methyl sites for hydroxylation is 1. The third kappa shape index (κ3) is 8.10. The van der Waals surface area contributed by atoms with Gasteiger partial charge in [0.25, 0.3) is 0 Å². The smallest absolute Gasteiger partial charge is 0.180 e. The Kier molecular flexibility index (Phi) is 12.3. The van der Waals surface area contributed by atoms with Gasteiger partial charge in [-0.3, -0.25) is 5.01 Å². The summed E-state index contributed by atoms with van der Waals surface area (Å²) in [6.45, 7) is 9.70. The molecule has 2 aliphatic heterocycles. The van der Waals surface area contributed by atoms with E-state index in [1.54, 1.807) is 20.5 Å². The molecule has 0 aliphatic carbocycles. The zero-order chi connectivity index (χ0) is 25.5. The molecule has 1 aromatic carbocycles. The molecule has 0 saturated heterocycles. The first-order chi connectivity index (χ1) is 17.3. The zero-order valence-corrected chi connectivity index (χ0v) is 21.9. The monoisotopic (exact) mass is 483 g/mol. The maximum absolute atomic E-state index is 5.58. The topological polar surface area (TPSA) is 83.3 Å². The molecule has 8 nitrogen and oxygen atoms in total. The Morgan fingerprint density at radius 2 is 1.91 bits per heavy atom. The van der Waals surface area contributed by atoms with Crippen molar-refractivity contribution in [2.45, 2.75) is 53.1 Å². The van der Waals surface area contributed by atoms with Crippen LogP contribution < -0.4 is 25.5 Å². The third-order valence-corrected chi connectivity index (χ3v) is 5.14. The molecule has 1 unspecified atom stereocenters. The molecule has 0 fully saturated rings. The molecular weight excluding hydrogens is 442 g/mol. The van der Waals surface area contributed by atoms with Crippen molar-refractivity contribution >= 4 is 5.84 Å². The van der Waals surface area contributed by atoms with Crippen LogP contribution in [0.3, 0.4) is 0 Å². The van der Waals surface area contributed by atoms with Crippen molar-refractivity contribution in [3.05, 3.63) is 72.1 Å². The van der Waals surface area contributed by atoms with Gasteiger partial charge in [0.15, 0.2) is 17.7 Å². The summed E-state index contributed by atoms with van der Waals surface area (Å²) in [7, 11) is 3.31. The summed E-state index contributed by atoms with van der Waals surface area (Å²) < 4.78 is 16.3. The van der Waals surface area contributed by atoms with Gasteiger partial charge in [0.2, 0.25) is 0 Å². The number of hydrogen-bond donors (Lipinski definition) is 3. The van der Waals surface area contributed by atoms with E-state index in [4.69, 9.17) is 18.9 Å². The summed E-state index contributed by atoms with van der Waals surface area (Å²) in [5, 5.41) is 8.86. The van der Waals surface area contributed by atoms with Crippen molar-refractivity contribution < 1.29 is 13.9 Å². The van der Waals surface area contributed by atoms with Crippen molar-refractivity contribution in [3.63, 3.8) is 0 Å². The van der Waals surface area contributed by atoms with Gasteiger partial charge in [-0.15, -0.1) is 0 Å². The van der Waals surface area contributed by atoms with Gasteiger partial charge in [0, 0.05) is 25.4 Å². The minimum Gasteiger partial charge on any atom is -0.493 e. The van der Waals surface area contributed by atoms with Crippen LogP contribution in [0.4, 0.5) is 0 Å². The van der Waals surface area contributed by atoms with Crippen LogP contribution >= 0.6 is 0 Å². The third-order valence-electron chi connectivity index (χ3n) is 5.14. The van der Waals surface area contributed by atoms with Crippen molar-refractivity contribution in [1.82, 2.24) is 21.1 Å². The molecule has 3 heterocycles. The predicted octanol–water partition coefficient (Wildman–Crippen LogP) is 5.14. The van der Waals surface area contributed by atoms with Gasteiger partial charge in [0.1, 0.15) is 17.4 Å². The first-order valence-corrected chi connectivity index (χ1v) is 12.5. The van der Waals surface area contributed by atoms with Crippen molar-refractivity contribution in [1.29, 1.82) is 0 Å². The molecule has 0 spiro atoms. The molecule has 192 valence electrons. The molecule has 0 bridgehead atoms. The highest BCUT2D eigenvalue weighted by molar-refractivity contribution is 5.94. The SMILES string of the molecule is CC.CC.COc1ccc(CCCNC2=CC(N3C=CCCN3)=NC(c3ccco3)N2)cc1OC. The summed E-state index contributed by atoms with van der Waals surface area (Å²) in [6, 6.07) is 9.86. The quantitative estimate of drug-likeness (QED) is 0.449. The van der Waals surface area contributed by atoms with Crippen LogP contribution in [0.25, 0.3) is 0 Å². The van der Waals surface area contributed by atoms with Crippen LogP contribution in [0, 0.1) is 0 Å². The van der Waals surface area contributed by atoms with Crippen LogP contribution in [-0.4, -0.2) is 38.2 Å². The lowest BCUT2D eigenvalue weighted by atomic mass is 10.1. The minimum atomic E-state index is -0.277. The Balaban J connectivity index is 0.00000103. The second-order valence-electron chi connectivity index (χ2n) is 7.28. The van der Waals surface area contributed by atoms with E-state index in [-0.39, 0.29) is 6.17 Å². The number of methoxy groups -OCH3 is 2. The van der Waals surface area contributed by atoms with Crippen molar-refractivity contribution in [2.24, 2.45) is 4.99 Å². The van der Waals surface area contributed by atoms with Gasteiger partial charge in [-0.1, -0.05) is 39.8 Å². The fourth-order valence-corrected chi connectivity index (χ4v) is 3.55. The molecule has 1 atom stereocenters. The van der Waals surface area contributed by atoms with Crippen LogP contribution in [0.1, 0.15) is 58.0 Å². The first kappa shape index (κ1) is 27.9. The van der Waals surface area contributed by atoms with Gasteiger partial charge < -0.3 is 24.5 Å². The number of furan rings is 1. The molecule has 0 saturated carbocycles. The number of rotatable bonds is 8. The molecule has 0 radical (unpaired) electrons. The van der Waals surface area contributed by atoms with E-state index < -0.39 is 0 Å². The largest absolute Gasteiger partial charge is 0.493 e. The normalized spacial score (nSPS) is 16.4. The van der Waals surface area contributed by atoms with E-state index in [2.05, 4.69) is 28.2 Å². The molecule has 2 aliphatic rings. The van der Waals surface area contributed by atoms with Crippen LogP contribution in [0.2, 0.25) is 0 Å². The summed E-state index contributed by atoms with van der Waals surface area (Å²) >= 11 is 0. The van der Waals surface area contributed by atoms with Crippen LogP contribution in [0.15, 0.2) is 70.2 Å². The summed E-state index contributed by atoms with van der Waals surface area (Å²) in [6.07, 6.45) is 10.5. The molecule has 8 heteroatoms. The predicted molar refractivity (Wildman–Crippen MR) is 142 cm³/mol. The molecule has 3 N–H and O–H groups in total. The van der Waals surface area contributed by atoms with Gasteiger partial charge >= 0.3 is 0 Å². The van der Waals surface area contributed by atoms with Gasteiger partial charge in [-0.05, 0) is 49.1 Å². The average Bonchev–Trinajstić information content (AvgIpc) is 3.49. The van der Waals surface area contributed by atoms with Gasteiger partial charge in [-0.25, -0.2) is 10.4 Å². The van der Waals surface area contributed by atoms with E-state index in [9.17, 15) is 0 Å². The molecule has 1 aromatic heterocycles. The Morgan fingerprint density at radius 1 is 1.11 bits per heavy atom. The number of hydrogen-bond acceptors (Lipinski definition) is 8. The highest BCUT2D eigenvalue weighted by atomic mass is 16.5. The molecule has 2 aromatic rings. The van der Waals surface area contributed by atoms with Crippen molar-refractivity contribution in [3.8, 4) is 11.5 Å². The number of hydrazine groups is 1. The van der Waals surface area contributed by atoms with E-state index in [0.717, 1.165) is 61.3 Å². The average molecular weight is 484 g/mol.